The highest BCUT2D eigenvalue weighted by atomic mass is 35.5. The van der Waals surface area contributed by atoms with Crippen LogP contribution < -0.4 is 4.72 Å². The van der Waals surface area contributed by atoms with Gasteiger partial charge < -0.3 is 0 Å². The summed E-state index contributed by atoms with van der Waals surface area (Å²) < 4.78 is 38.4. The molecule has 1 atom stereocenters. The van der Waals surface area contributed by atoms with Crippen molar-refractivity contribution in [2.24, 2.45) is 0 Å². The second kappa shape index (κ2) is 6.33. The van der Waals surface area contributed by atoms with Gasteiger partial charge in [0, 0.05) is 11.9 Å². The van der Waals surface area contributed by atoms with Gasteiger partial charge in [0.05, 0.1) is 5.75 Å². The lowest BCUT2D eigenvalue weighted by Gasteiger charge is -2.14. The fourth-order valence-corrected chi connectivity index (χ4v) is 3.00. The number of alkyl halides is 1. The Morgan fingerprint density at radius 3 is 2.47 bits per heavy atom. The first-order valence-electron chi connectivity index (χ1n) is 5.26. The third-order valence-corrected chi connectivity index (χ3v) is 4.08. The molecule has 0 saturated heterocycles. The highest BCUT2D eigenvalue weighted by Gasteiger charge is 2.15. The van der Waals surface area contributed by atoms with Gasteiger partial charge in [0.15, 0.2) is 0 Å². The Bertz CT molecular complexity index is 447. The van der Waals surface area contributed by atoms with Crippen molar-refractivity contribution < 1.29 is 12.8 Å². The van der Waals surface area contributed by atoms with Gasteiger partial charge in [0.2, 0.25) is 10.0 Å². The number of benzene rings is 1. The van der Waals surface area contributed by atoms with Gasteiger partial charge in [-0.2, -0.15) is 0 Å². The number of rotatable bonds is 6. The van der Waals surface area contributed by atoms with E-state index in [2.05, 4.69) is 4.72 Å². The second-order valence-corrected chi connectivity index (χ2v) is 6.00. The first-order chi connectivity index (χ1) is 7.94. The van der Waals surface area contributed by atoms with E-state index in [9.17, 15) is 12.8 Å². The maximum atomic E-state index is 12.7. The van der Waals surface area contributed by atoms with Crippen LogP contribution in [0, 0.1) is 5.82 Å². The van der Waals surface area contributed by atoms with Crippen molar-refractivity contribution in [1.82, 2.24) is 4.72 Å². The van der Waals surface area contributed by atoms with Crippen molar-refractivity contribution in [3.63, 3.8) is 0 Å². The number of sulfonamides is 1. The molecule has 0 aliphatic carbocycles. The van der Waals surface area contributed by atoms with Gasteiger partial charge in [-0.15, -0.1) is 11.6 Å². The van der Waals surface area contributed by atoms with Crippen LogP contribution in [0.5, 0.6) is 0 Å². The highest BCUT2D eigenvalue weighted by molar-refractivity contribution is 7.89. The van der Waals surface area contributed by atoms with E-state index in [4.69, 9.17) is 11.6 Å². The Kier molecular flexibility index (Phi) is 5.36. The molecule has 0 radical (unpaired) electrons. The molecular weight excluding hydrogens is 265 g/mol. The lowest BCUT2D eigenvalue weighted by Crippen LogP contribution is -2.29. The molecule has 3 nitrogen and oxygen atoms in total. The third-order valence-electron chi connectivity index (χ3n) is 2.27. The van der Waals surface area contributed by atoms with Crippen LogP contribution in [0.4, 0.5) is 4.39 Å². The predicted octanol–water partition coefficient (Wildman–Crippen LogP) is 2.44. The lowest BCUT2D eigenvalue weighted by atomic mass is 10.1. The molecule has 1 aromatic carbocycles. The van der Waals surface area contributed by atoms with Crippen LogP contribution in [0.15, 0.2) is 24.3 Å². The number of nitrogens with one attached hydrogen (secondary N) is 1. The van der Waals surface area contributed by atoms with Crippen LogP contribution in [0.25, 0.3) is 0 Å². The van der Waals surface area contributed by atoms with Crippen LogP contribution in [-0.4, -0.2) is 20.1 Å². The zero-order valence-corrected chi connectivity index (χ0v) is 11.1. The van der Waals surface area contributed by atoms with Crippen LogP contribution >= 0.6 is 11.6 Å². The summed E-state index contributed by atoms with van der Waals surface area (Å²) in [7, 11) is -3.33. The first kappa shape index (κ1) is 14.4. The average molecular weight is 280 g/mol. The molecule has 0 saturated carbocycles. The van der Waals surface area contributed by atoms with E-state index < -0.39 is 10.0 Å². The Hall–Kier alpha value is -0.650. The molecule has 17 heavy (non-hydrogen) atoms. The zero-order chi connectivity index (χ0) is 12.9. The normalized spacial score (nSPS) is 13.6. The van der Waals surface area contributed by atoms with E-state index in [1.54, 1.807) is 19.1 Å². The molecule has 0 bridgehead atoms. The molecule has 0 fully saturated rings. The quantitative estimate of drug-likeness (QED) is 0.813. The van der Waals surface area contributed by atoms with E-state index in [1.807, 2.05) is 0 Å². The molecule has 0 amide bonds. The summed E-state index contributed by atoms with van der Waals surface area (Å²) in [5.74, 6) is -0.0283. The Labute approximate surface area is 106 Å². The Morgan fingerprint density at radius 1 is 1.35 bits per heavy atom. The lowest BCUT2D eigenvalue weighted by molar-refractivity contribution is 0.565. The van der Waals surface area contributed by atoms with Crippen molar-refractivity contribution in [2.75, 3.05) is 11.6 Å². The van der Waals surface area contributed by atoms with Gasteiger partial charge >= 0.3 is 0 Å². The summed E-state index contributed by atoms with van der Waals surface area (Å²) in [6.07, 6.45) is 0.410. The minimum atomic E-state index is -3.33. The summed E-state index contributed by atoms with van der Waals surface area (Å²) in [4.78, 5) is 0. The van der Waals surface area contributed by atoms with E-state index in [-0.39, 0.29) is 17.6 Å². The van der Waals surface area contributed by atoms with E-state index in [0.29, 0.717) is 12.3 Å². The minimum absolute atomic E-state index is 0.00202. The van der Waals surface area contributed by atoms with Crippen molar-refractivity contribution in [3.8, 4) is 0 Å². The van der Waals surface area contributed by atoms with Crippen molar-refractivity contribution in [3.05, 3.63) is 35.6 Å². The SMILES string of the molecule is C[C@H](NS(=O)(=O)CCCCl)c1ccc(F)cc1. The fraction of sp³-hybridized carbons (Fsp3) is 0.455. The van der Waals surface area contributed by atoms with Gasteiger partial charge in [-0.05, 0) is 31.0 Å². The molecule has 6 heteroatoms. The molecular formula is C11H15ClFNO2S. The van der Waals surface area contributed by atoms with Gasteiger partial charge in [0.1, 0.15) is 5.82 Å². The van der Waals surface area contributed by atoms with Crippen molar-refractivity contribution >= 4 is 21.6 Å². The number of hydrogen-bond donors (Lipinski definition) is 1. The summed E-state index contributed by atoms with van der Waals surface area (Å²) >= 11 is 5.44. The van der Waals surface area contributed by atoms with Gasteiger partial charge in [-0.3, -0.25) is 0 Å². The van der Waals surface area contributed by atoms with Crippen LogP contribution in [0.1, 0.15) is 24.9 Å². The Morgan fingerprint density at radius 2 is 1.94 bits per heavy atom. The molecule has 0 unspecified atom stereocenters. The monoisotopic (exact) mass is 279 g/mol. The molecule has 96 valence electrons. The van der Waals surface area contributed by atoms with E-state index in [0.717, 1.165) is 5.56 Å². The van der Waals surface area contributed by atoms with Gasteiger partial charge in [-0.25, -0.2) is 17.5 Å². The third kappa shape index (κ3) is 5.02. The van der Waals surface area contributed by atoms with Crippen LogP contribution in [0.2, 0.25) is 0 Å². The topological polar surface area (TPSA) is 46.2 Å². The van der Waals surface area contributed by atoms with Crippen molar-refractivity contribution in [1.29, 1.82) is 0 Å². The summed E-state index contributed by atoms with van der Waals surface area (Å²) in [6, 6.07) is 5.35. The van der Waals surface area contributed by atoms with Gasteiger partial charge in [-0.1, -0.05) is 12.1 Å². The van der Waals surface area contributed by atoms with Crippen molar-refractivity contribution in [2.45, 2.75) is 19.4 Å². The first-order valence-corrected chi connectivity index (χ1v) is 7.45. The molecule has 0 heterocycles. The number of halogens is 2. The van der Waals surface area contributed by atoms with Crippen LogP contribution in [-0.2, 0) is 10.0 Å². The minimum Gasteiger partial charge on any atom is -0.212 e. The zero-order valence-electron chi connectivity index (χ0n) is 9.49. The van der Waals surface area contributed by atoms with Gasteiger partial charge in [0.25, 0.3) is 0 Å². The van der Waals surface area contributed by atoms with E-state index in [1.165, 1.54) is 12.1 Å². The molecule has 0 aliphatic rings. The highest BCUT2D eigenvalue weighted by Crippen LogP contribution is 2.14. The molecule has 0 spiro atoms. The number of hydrogen-bond acceptors (Lipinski definition) is 2. The molecule has 0 aromatic heterocycles. The summed E-state index contributed by atoms with van der Waals surface area (Å²) in [6.45, 7) is 1.71. The smallest absolute Gasteiger partial charge is 0.212 e. The maximum Gasteiger partial charge on any atom is 0.212 e. The van der Waals surface area contributed by atoms with Crippen LogP contribution in [0.3, 0.4) is 0 Å². The predicted molar refractivity (Wildman–Crippen MR) is 67.1 cm³/mol. The average Bonchev–Trinajstić information content (AvgIpc) is 2.26. The standard InChI is InChI=1S/C11H15ClFNO2S/c1-9(10-3-5-11(13)6-4-10)14-17(15,16)8-2-7-12/h3-6,9,14H,2,7-8H2,1H3/t9-/m0/s1. The fourth-order valence-electron chi connectivity index (χ4n) is 1.39. The summed E-state index contributed by atoms with van der Waals surface area (Å²) in [5.41, 5.74) is 0.723. The molecule has 1 N–H and O–H groups in total. The second-order valence-electron chi connectivity index (χ2n) is 3.75. The molecule has 1 rings (SSSR count). The molecule has 0 aliphatic heterocycles. The summed E-state index contributed by atoms with van der Waals surface area (Å²) in [5, 5.41) is 0. The Balaban J connectivity index is 2.65. The largest absolute Gasteiger partial charge is 0.212 e. The molecule has 1 aromatic rings. The maximum absolute atomic E-state index is 12.7. The van der Waals surface area contributed by atoms with E-state index >= 15 is 0 Å².